The van der Waals surface area contributed by atoms with Crippen LogP contribution in [0, 0.1) is 0 Å². The number of hydrogen-bond donors (Lipinski definition) is 2. The predicted molar refractivity (Wildman–Crippen MR) is 75.9 cm³/mol. The van der Waals surface area contributed by atoms with Gasteiger partial charge < -0.3 is 11.1 Å². The van der Waals surface area contributed by atoms with Crippen molar-refractivity contribution in [3.05, 3.63) is 23.9 Å². The molecule has 1 fully saturated rings. The number of nitrogen functional groups attached to an aromatic ring is 1. The van der Waals surface area contributed by atoms with Crippen molar-refractivity contribution in [3.63, 3.8) is 0 Å². The summed E-state index contributed by atoms with van der Waals surface area (Å²) in [7, 11) is 0. The first-order valence-electron chi connectivity index (χ1n) is 6.90. The van der Waals surface area contributed by atoms with Crippen molar-refractivity contribution in [3.8, 4) is 0 Å². The van der Waals surface area contributed by atoms with E-state index < -0.39 is 0 Å². The summed E-state index contributed by atoms with van der Waals surface area (Å²) in [4.78, 5) is 18.3. The molecule has 1 amide bonds. The third-order valence-corrected chi connectivity index (χ3v) is 3.62. The Hall–Kier alpha value is -1.62. The fourth-order valence-corrected chi connectivity index (χ4v) is 2.37. The van der Waals surface area contributed by atoms with Crippen molar-refractivity contribution >= 4 is 11.7 Å². The number of nitrogens with two attached hydrogens (primary N) is 1. The SMILES string of the molecule is CC(CNC(=O)c1ccc(N)nc1)N1CCCCC1. The largest absolute Gasteiger partial charge is 0.384 e. The van der Waals surface area contributed by atoms with Crippen molar-refractivity contribution < 1.29 is 4.79 Å². The van der Waals surface area contributed by atoms with Crippen LogP contribution in [0.1, 0.15) is 36.5 Å². The van der Waals surface area contributed by atoms with Crippen LogP contribution in [0.15, 0.2) is 18.3 Å². The fourth-order valence-electron chi connectivity index (χ4n) is 2.37. The average molecular weight is 262 g/mol. The van der Waals surface area contributed by atoms with Gasteiger partial charge in [0, 0.05) is 18.8 Å². The van der Waals surface area contributed by atoms with Gasteiger partial charge in [-0.1, -0.05) is 6.42 Å². The van der Waals surface area contributed by atoms with Crippen molar-refractivity contribution in [2.75, 3.05) is 25.4 Å². The summed E-state index contributed by atoms with van der Waals surface area (Å²) in [6.45, 7) is 5.11. The maximum absolute atomic E-state index is 11.9. The minimum atomic E-state index is -0.0867. The molecule has 5 nitrogen and oxygen atoms in total. The summed E-state index contributed by atoms with van der Waals surface area (Å²) in [5.41, 5.74) is 6.05. The van der Waals surface area contributed by atoms with E-state index in [2.05, 4.69) is 22.1 Å². The Kier molecular flexibility index (Phi) is 4.74. The molecule has 1 atom stereocenters. The Morgan fingerprint density at radius 3 is 2.79 bits per heavy atom. The minimum Gasteiger partial charge on any atom is -0.384 e. The molecular weight excluding hydrogens is 240 g/mol. The van der Waals surface area contributed by atoms with Crippen LogP contribution in [0.5, 0.6) is 0 Å². The van der Waals surface area contributed by atoms with Gasteiger partial charge in [0.25, 0.3) is 5.91 Å². The Labute approximate surface area is 114 Å². The highest BCUT2D eigenvalue weighted by Gasteiger charge is 2.17. The standard InChI is InChI=1S/C14H22N4O/c1-11(18-7-3-2-4-8-18)9-17-14(19)12-5-6-13(15)16-10-12/h5-6,10-11H,2-4,7-9H2,1H3,(H2,15,16)(H,17,19). The van der Waals surface area contributed by atoms with Crippen molar-refractivity contribution in [1.82, 2.24) is 15.2 Å². The highest BCUT2D eigenvalue weighted by molar-refractivity contribution is 5.94. The third-order valence-electron chi connectivity index (χ3n) is 3.62. The molecule has 1 aliphatic rings. The second kappa shape index (κ2) is 6.52. The van der Waals surface area contributed by atoms with Crippen LogP contribution in [0.25, 0.3) is 0 Å². The molecule has 0 radical (unpaired) electrons. The zero-order chi connectivity index (χ0) is 13.7. The molecule has 5 heteroatoms. The molecule has 2 rings (SSSR count). The smallest absolute Gasteiger partial charge is 0.252 e. The first-order chi connectivity index (χ1) is 9.16. The number of carbonyl (C=O) groups excluding carboxylic acids is 1. The maximum Gasteiger partial charge on any atom is 0.252 e. The summed E-state index contributed by atoms with van der Waals surface area (Å²) in [5, 5.41) is 2.95. The molecule has 1 saturated heterocycles. The summed E-state index contributed by atoms with van der Waals surface area (Å²) >= 11 is 0. The van der Waals surface area contributed by atoms with Crippen LogP contribution in [-0.2, 0) is 0 Å². The second-order valence-electron chi connectivity index (χ2n) is 5.13. The lowest BCUT2D eigenvalue weighted by molar-refractivity contribution is 0.0929. The Morgan fingerprint density at radius 2 is 2.16 bits per heavy atom. The number of pyridine rings is 1. The Morgan fingerprint density at radius 1 is 1.42 bits per heavy atom. The van der Waals surface area contributed by atoms with E-state index in [0.29, 0.717) is 24.0 Å². The molecule has 1 aromatic heterocycles. The van der Waals surface area contributed by atoms with Gasteiger partial charge in [-0.05, 0) is 45.0 Å². The van der Waals surface area contributed by atoms with Crippen LogP contribution in [-0.4, -0.2) is 41.5 Å². The molecule has 104 valence electrons. The van der Waals surface area contributed by atoms with E-state index in [1.807, 2.05) is 0 Å². The van der Waals surface area contributed by atoms with E-state index in [1.165, 1.54) is 25.5 Å². The van der Waals surface area contributed by atoms with Crippen LogP contribution >= 0.6 is 0 Å². The fraction of sp³-hybridized carbons (Fsp3) is 0.571. The highest BCUT2D eigenvalue weighted by atomic mass is 16.1. The molecule has 1 aromatic rings. The lowest BCUT2D eigenvalue weighted by Crippen LogP contribution is -2.44. The first kappa shape index (κ1) is 13.8. The number of carbonyl (C=O) groups is 1. The quantitative estimate of drug-likeness (QED) is 0.857. The molecule has 2 heterocycles. The van der Waals surface area contributed by atoms with Gasteiger partial charge in [-0.25, -0.2) is 4.98 Å². The highest BCUT2D eigenvalue weighted by Crippen LogP contribution is 2.11. The third kappa shape index (κ3) is 3.92. The average Bonchev–Trinajstić information content (AvgIpc) is 2.46. The number of piperidine rings is 1. The van der Waals surface area contributed by atoms with Crippen molar-refractivity contribution in [1.29, 1.82) is 0 Å². The summed E-state index contributed by atoms with van der Waals surface area (Å²) in [6, 6.07) is 3.72. The molecular formula is C14H22N4O. The maximum atomic E-state index is 11.9. The Balaban J connectivity index is 1.81. The monoisotopic (exact) mass is 262 g/mol. The number of nitrogens with one attached hydrogen (secondary N) is 1. The van der Waals surface area contributed by atoms with E-state index >= 15 is 0 Å². The lowest BCUT2D eigenvalue weighted by atomic mass is 10.1. The first-order valence-corrected chi connectivity index (χ1v) is 6.90. The molecule has 0 saturated carbocycles. The summed E-state index contributed by atoms with van der Waals surface area (Å²) in [5.74, 6) is 0.342. The molecule has 0 aliphatic carbocycles. The van der Waals surface area contributed by atoms with Gasteiger partial charge >= 0.3 is 0 Å². The molecule has 0 spiro atoms. The zero-order valence-electron chi connectivity index (χ0n) is 11.4. The van der Waals surface area contributed by atoms with Crippen LogP contribution in [0.2, 0.25) is 0 Å². The van der Waals surface area contributed by atoms with Crippen LogP contribution in [0.4, 0.5) is 5.82 Å². The number of aromatic nitrogens is 1. The zero-order valence-corrected chi connectivity index (χ0v) is 11.4. The van der Waals surface area contributed by atoms with E-state index in [1.54, 1.807) is 12.1 Å². The molecule has 1 aliphatic heterocycles. The van der Waals surface area contributed by atoms with E-state index in [9.17, 15) is 4.79 Å². The van der Waals surface area contributed by atoms with Gasteiger partial charge in [0.2, 0.25) is 0 Å². The second-order valence-corrected chi connectivity index (χ2v) is 5.13. The number of nitrogens with zero attached hydrogens (tertiary/aromatic N) is 2. The number of likely N-dealkylation sites (tertiary alicyclic amines) is 1. The van der Waals surface area contributed by atoms with Crippen LogP contribution < -0.4 is 11.1 Å². The lowest BCUT2D eigenvalue weighted by Gasteiger charge is -2.32. The van der Waals surface area contributed by atoms with Gasteiger partial charge in [0.05, 0.1) is 5.56 Å². The molecule has 19 heavy (non-hydrogen) atoms. The number of hydrogen-bond acceptors (Lipinski definition) is 4. The molecule has 0 aromatic carbocycles. The normalized spacial score (nSPS) is 17.9. The number of rotatable bonds is 4. The van der Waals surface area contributed by atoms with Gasteiger partial charge in [0.15, 0.2) is 0 Å². The van der Waals surface area contributed by atoms with Crippen LogP contribution in [0.3, 0.4) is 0 Å². The number of amides is 1. The number of anilines is 1. The minimum absolute atomic E-state index is 0.0867. The van der Waals surface area contributed by atoms with E-state index in [4.69, 9.17) is 5.73 Å². The van der Waals surface area contributed by atoms with Crippen molar-refractivity contribution in [2.24, 2.45) is 0 Å². The molecule has 1 unspecified atom stereocenters. The van der Waals surface area contributed by atoms with E-state index in [-0.39, 0.29) is 5.91 Å². The predicted octanol–water partition coefficient (Wildman–Crippen LogP) is 1.27. The molecule has 3 N–H and O–H groups in total. The van der Waals surface area contributed by atoms with Crippen molar-refractivity contribution in [2.45, 2.75) is 32.2 Å². The van der Waals surface area contributed by atoms with Gasteiger partial charge in [-0.2, -0.15) is 0 Å². The summed E-state index contributed by atoms with van der Waals surface area (Å²) < 4.78 is 0. The summed E-state index contributed by atoms with van der Waals surface area (Å²) in [6.07, 6.45) is 5.36. The van der Waals surface area contributed by atoms with Gasteiger partial charge in [-0.3, -0.25) is 9.69 Å². The van der Waals surface area contributed by atoms with E-state index in [0.717, 1.165) is 13.1 Å². The van der Waals surface area contributed by atoms with Gasteiger partial charge in [-0.15, -0.1) is 0 Å². The Bertz CT molecular complexity index is 412. The van der Waals surface area contributed by atoms with Gasteiger partial charge in [0.1, 0.15) is 5.82 Å². The topological polar surface area (TPSA) is 71.2 Å². The molecule has 0 bridgehead atoms.